The van der Waals surface area contributed by atoms with Gasteiger partial charge in [0.05, 0.1) is 5.69 Å². The van der Waals surface area contributed by atoms with Crippen molar-refractivity contribution in [3.8, 4) is 0 Å². The third-order valence-corrected chi connectivity index (χ3v) is 2.56. The molecule has 80 valence electrons. The average molecular weight is 195 g/mol. The first-order chi connectivity index (χ1) is 6.76. The number of unbranched alkanes of at least 4 members (excludes halogenated alkanes) is 1. The molecule has 0 aromatic carbocycles. The molecule has 0 radical (unpaired) electrons. The molecule has 1 atom stereocenters. The maximum atomic E-state index is 5.17. The first-order valence-corrected chi connectivity index (χ1v) is 5.70. The molecule has 1 aromatic rings. The normalized spacial score (nSPS) is 13.1. The zero-order valence-corrected chi connectivity index (χ0v) is 9.55. The molecule has 0 amide bonds. The lowest BCUT2D eigenvalue weighted by Gasteiger charge is -2.07. The van der Waals surface area contributed by atoms with Crippen molar-refractivity contribution in [1.82, 2.24) is 5.16 Å². The molecule has 2 nitrogen and oxygen atoms in total. The summed E-state index contributed by atoms with van der Waals surface area (Å²) in [6.45, 7) is 6.61. The van der Waals surface area contributed by atoms with Crippen molar-refractivity contribution in [3.63, 3.8) is 0 Å². The fourth-order valence-corrected chi connectivity index (χ4v) is 1.63. The van der Waals surface area contributed by atoms with Crippen molar-refractivity contribution in [2.75, 3.05) is 0 Å². The van der Waals surface area contributed by atoms with Crippen LogP contribution in [0.5, 0.6) is 0 Å². The molecule has 1 rings (SSSR count). The highest BCUT2D eigenvalue weighted by atomic mass is 16.5. The lowest BCUT2D eigenvalue weighted by atomic mass is 9.99. The summed E-state index contributed by atoms with van der Waals surface area (Å²) in [5, 5.41) is 4.06. The molecule has 1 heterocycles. The van der Waals surface area contributed by atoms with E-state index < -0.39 is 0 Å². The fourth-order valence-electron chi connectivity index (χ4n) is 1.63. The van der Waals surface area contributed by atoms with Gasteiger partial charge in [0.15, 0.2) is 0 Å². The third kappa shape index (κ3) is 3.52. The van der Waals surface area contributed by atoms with Gasteiger partial charge in [0, 0.05) is 12.5 Å². The lowest BCUT2D eigenvalue weighted by Crippen LogP contribution is -1.99. The van der Waals surface area contributed by atoms with Crippen LogP contribution in [0.1, 0.15) is 51.5 Å². The van der Waals surface area contributed by atoms with Gasteiger partial charge >= 0.3 is 0 Å². The van der Waals surface area contributed by atoms with Gasteiger partial charge in [-0.2, -0.15) is 0 Å². The Hall–Kier alpha value is -0.790. The SMILES string of the molecule is CCCC[C@H](C)Cc1cc(CC)on1. The second-order valence-electron chi connectivity index (χ2n) is 4.09. The Bertz CT molecular complexity index is 255. The van der Waals surface area contributed by atoms with Crippen molar-refractivity contribution < 1.29 is 4.52 Å². The van der Waals surface area contributed by atoms with E-state index in [1.807, 2.05) is 0 Å². The van der Waals surface area contributed by atoms with Gasteiger partial charge in [-0.25, -0.2) is 0 Å². The van der Waals surface area contributed by atoms with Crippen molar-refractivity contribution >= 4 is 0 Å². The van der Waals surface area contributed by atoms with Gasteiger partial charge in [-0.15, -0.1) is 0 Å². The van der Waals surface area contributed by atoms with Crippen LogP contribution in [-0.2, 0) is 12.8 Å². The molecule has 0 spiro atoms. The van der Waals surface area contributed by atoms with E-state index in [1.54, 1.807) is 0 Å². The lowest BCUT2D eigenvalue weighted by molar-refractivity contribution is 0.374. The highest BCUT2D eigenvalue weighted by Gasteiger charge is 2.07. The quantitative estimate of drug-likeness (QED) is 0.693. The fraction of sp³-hybridized carbons (Fsp3) is 0.750. The highest BCUT2D eigenvalue weighted by molar-refractivity contribution is 5.05. The number of aromatic nitrogens is 1. The van der Waals surface area contributed by atoms with E-state index in [0.29, 0.717) is 0 Å². The number of rotatable bonds is 6. The monoisotopic (exact) mass is 195 g/mol. The van der Waals surface area contributed by atoms with Crippen molar-refractivity contribution in [3.05, 3.63) is 17.5 Å². The van der Waals surface area contributed by atoms with Gasteiger partial charge < -0.3 is 4.52 Å². The predicted octanol–water partition coefficient (Wildman–Crippen LogP) is 3.61. The standard InChI is InChI=1S/C12H21NO/c1-4-6-7-10(3)8-11-9-12(5-2)14-13-11/h9-10H,4-8H2,1-3H3/t10-/m0/s1. The number of nitrogens with zero attached hydrogens (tertiary/aromatic N) is 1. The van der Waals surface area contributed by atoms with E-state index in [0.717, 1.165) is 30.2 Å². The van der Waals surface area contributed by atoms with Crippen molar-refractivity contribution in [2.24, 2.45) is 5.92 Å². The molecule has 0 aliphatic carbocycles. The van der Waals surface area contributed by atoms with E-state index in [-0.39, 0.29) is 0 Å². The first-order valence-electron chi connectivity index (χ1n) is 5.70. The molecular formula is C12H21NO. The molecular weight excluding hydrogens is 174 g/mol. The van der Waals surface area contributed by atoms with Crippen LogP contribution in [0.3, 0.4) is 0 Å². The van der Waals surface area contributed by atoms with Crippen LogP contribution in [-0.4, -0.2) is 5.16 Å². The summed E-state index contributed by atoms with van der Waals surface area (Å²) in [7, 11) is 0. The van der Waals surface area contributed by atoms with Crippen LogP contribution in [0.2, 0.25) is 0 Å². The number of hydrogen-bond donors (Lipinski definition) is 0. The van der Waals surface area contributed by atoms with Crippen molar-refractivity contribution in [1.29, 1.82) is 0 Å². The van der Waals surface area contributed by atoms with Crippen LogP contribution in [0.4, 0.5) is 0 Å². The summed E-state index contributed by atoms with van der Waals surface area (Å²) < 4.78 is 5.17. The first kappa shape index (κ1) is 11.3. The van der Waals surface area contributed by atoms with Crippen LogP contribution in [0.15, 0.2) is 10.6 Å². The average Bonchev–Trinajstić information content (AvgIpc) is 2.62. The second-order valence-corrected chi connectivity index (χ2v) is 4.09. The Morgan fingerprint density at radius 2 is 2.21 bits per heavy atom. The van der Waals surface area contributed by atoms with Crippen LogP contribution >= 0.6 is 0 Å². The maximum Gasteiger partial charge on any atom is 0.136 e. The van der Waals surface area contributed by atoms with Gasteiger partial charge in [-0.05, 0) is 12.3 Å². The summed E-state index contributed by atoms with van der Waals surface area (Å²) in [5.41, 5.74) is 1.12. The van der Waals surface area contributed by atoms with E-state index in [4.69, 9.17) is 4.52 Å². The van der Waals surface area contributed by atoms with Gasteiger partial charge in [0.2, 0.25) is 0 Å². The van der Waals surface area contributed by atoms with E-state index in [1.165, 1.54) is 19.3 Å². The molecule has 0 saturated carbocycles. The summed E-state index contributed by atoms with van der Waals surface area (Å²) in [6.07, 6.45) is 5.90. The minimum Gasteiger partial charge on any atom is -0.361 e. The second kappa shape index (κ2) is 5.84. The summed E-state index contributed by atoms with van der Waals surface area (Å²) in [4.78, 5) is 0. The molecule has 0 unspecified atom stereocenters. The van der Waals surface area contributed by atoms with E-state index in [9.17, 15) is 0 Å². The summed E-state index contributed by atoms with van der Waals surface area (Å²) in [6, 6.07) is 2.09. The summed E-state index contributed by atoms with van der Waals surface area (Å²) in [5.74, 6) is 1.73. The smallest absolute Gasteiger partial charge is 0.136 e. The Labute approximate surface area is 86.7 Å². The minimum absolute atomic E-state index is 0.727. The molecule has 2 heteroatoms. The topological polar surface area (TPSA) is 26.0 Å². The highest BCUT2D eigenvalue weighted by Crippen LogP contribution is 2.14. The summed E-state index contributed by atoms with van der Waals surface area (Å²) >= 11 is 0. The third-order valence-electron chi connectivity index (χ3n) is 2.56. The zero-order chi connectivity index (χ0) is 10.4. The number of aryl methyl sites for hydroxylation is 1. The minimum atomic E-state index is 0.727. The Morgan fingerprint density at radius 1 is 1.43 bits per heavy atom. The van der Waals surface area contributed by atoms with E-state index in [2.05, 4.69) is 32.0 Å². The predicted molar refractivity (Wildman–Crippen MR) is 58.3 cm³/mol. The number of hydrogen-bond acceptors (Lipinski definition) is 2. The molecule has 0 aliphatic rings. The molecule has 14 heavy (non-hydrogen) atoms. The molecule has 0 saturated heterocycles. The Morgan fingerprint density at radius 3 is 2.79 bits per heavy atom. The maximum absolute atomic E-state index is 5.17. The van der Waals surface area contributed by atoms with Crippen LogP contribution in [0.25, 0.3) is 0 Å². The van der Waals surface area contributed by atoms with Crippen molar-refractivity contribution in [2.45, 2.75) is 52.9 Å². The van der Waals surface area contributed by atoms with Gasteiger partial charge in [-0.3, -0.25) is 0 Å². The zero-order valence-electron chi connectivity index (χ0n) is 9.55. The van der Waals surface area contributed by atoms with Gasteiger partial charge in [0.1, 0.15) is 5.76 Å². The van der Waals surface area contributed by atoms with Crippen LogP contribution in [0, 0.1) is 5.92 Å². The van der Waals surface area contributed by atoms with Crippen LogP contribution < -0.4 is 0 Å². The Balaban J connectivity index is 2.35. The van der Waals surface area contributed by atoms with Gasteiger partial charge in [-0.1, -0.05) is 45.2 Å². The Kier molecular flexibility index (Phi) is 4.71. The van der Waals surface area contributed by atoms with Gasteiger partial charge in [0.25, 0.3) is 0 Å². The molecule has 1 aromatic heterocycles. The molecule has 0 fully saturated rings. The van der Waals surface area contributed by atoms with E-state index >= 15 is 0 Å². The molecule has 0 N–H and O–H groups in total. The molecule has 0 aliphatic heterocycles. The largest absolute Gasteiger partial charge is 0.361 e. The molecule has 0 bridgehead atoms.